The van der Waals surface area contributed by atoms with E-state index in [9.17, 15) is 0 Å². The molecule has 0 aromatic rings. The molecule has 0 aliphatic carbocycles. The first-order valence-electron chi connectivity index (χ1n) is 0.548. The van der Waals surface area contributed by atoms with Crippen LogP contribution in [0.1, 0.15) is 0 Å². The third-order valence-corrected chi connectivity index (χ3v) is 0. The fourth-order valence-corrected chi connectivity index (χ4v) is 0. The van der Waals surface area contributed by atoms with Crippen LogP contribution in [0.2, 0.25) is 0 Å². The van der Waals surface area contributed by atoms with Crippen molar-refractivity contribution >= 4 is 0 Å². The van der Waals surface area contributed by atoms with Crippen molar-refractivity contribution < 1.29 is 49.8 Å². The van der Waals surface area contributed by atoms with Gasteiger partial charge in [0.25, 0.3) is 0 Å². The largest absolute Gasteiger partial charge is 1.00 e. The summed E-state index contributed by atoms with van der Waals surface area (Å²) in [5, 5.41) is 14.8. The molecule has 6 heavy (non-hydrogen) atoms. The van der Waals surface area contributed by atoms with Crippen LogP contribution in [0.15, 0.2) is 0 Å². The Hall–Kier alpha value is 0.681. The van der Waals surface area contributed by atoms with E-state index in [-0.39, 0.29) is 44.8 Å². The molecule has 0 unspecified atom stereocenters. The van der Waals surface area contributed by atoms with E-state index in [0.717, 1.165) is 0 Å². The summed E-state index contributed by atoms with van der Waals surface area (Å²) in [5.41, 5.74) is 0. The Labute approximate surface area is 65.0 Å². The number of nitrogens with zero attached hydrogens (tertiary/aromatic N) is 1. The Morgan fingerprint density at radius 1 is 1.17 bits per heavy atom. The van der Waals surface area contributed by atoms with Crippen LogP contribution in [0.3, 0.4) is 0 Å². The first kappa shape index (κ1) is 15.9. The molecule has 0 bridgehead atoms. The first-order valence-corrected chi connectivity index (χ1v) is 0.548. The monoisotopic (exact) mass is 276 g/mol. The smallest absolute Gasteiger partial charge is 0.356 e. The van der Waals surface area contributed by atoms with Crippen molar-refractivity contribution in [1.82, 2.24) is 0 Å². The van der Waals surface area contributed by atoms with Crippen molar-refractivity contribution in [3.63, 3.8) is 0 Å². The van der Waals surface area contributed by atoms with Crippen LogP contribution in [0.25, 0.3) is 0 Å². The second-order valence-electron chi connectivity index (χ2n) is 0.224. The first-order chi connectivity index (χ1) is 1.73. The molecule has 0 atom stereocenters. The van der Waals surface area contributed by atoms with Crippen molar-refractivity contribution in [2.75, 3.05) is 0 Å². The molecule has 0 aliphatic rings. The molecule has 0 saturated heterocycles. The van der Waals surface area contributed by atoms with Crippen molar-refractivity contribution in [2.24, 2.45) is 0 Å². The maximum absolute atomic E-state index is 8.25. The Kier molecular flexibility index (Phi) is 24.4. The standard InChI is InChI=1S/2Ag.NO3/c;;2-1(3)4/q2*+1;-1. The Balaban J connectivity index is -0.0000000450. The fraction of sp³-hybridized carbons (Fsp3) is 0. The molecule has 0 aliphatic heterocycles. The molecule has 0 N–H and O–H groups in total. The SMILES string of the molecule is O=[N+]([O-])[O-].[Ag+].[Ag+]. The molecule has 0 aromatic carbocycles. The van der Waals surface area contributed by atoms with E-state index in [0.29, 0.717) is 0 Å². The zero-order chi connectivity index (χ0) is 3.58. The third kappa shape index (κ3) is 137. The van der Waals surface area contributed by atoms with Crippen LogP contribution in [-0.2, 0) is 44.8 Å². The van der Waals surface area contributed by atoms with Gasteiger partial charge in [0.05, 0.1) is 5.09 Å². The van der Waals surface area contributed by atoms with Gasteiger partial charge in [-0.15, -0.1) is 0 Å². The van der Waals surface area contributed by atoms with Gasteiger partial charge in [0.15, 0.2) is 0 Å². The van der Waals surface area contributed by atoms with Gasteiger partial charge >= 0.3 is 44.8 Å². The topological polar surface area (TPSA) is 66.2 Å². The van der Waals surface area contributed by atoms with Crippen LogP contribution in [-0.4, -0.2) is 5.09 Å². The molecular weight excluding hydrogens is 278 g/mol. The Bertz CT molecular complexity index is 31.8. The zero-order valence-electron chi connectivity index (χ0n) is 2.27. The van der Waals surface area contributed by atoms with Gasteiger partial charge in [-0.2, -0.15) is 0 Å². The average Bonchev–Trinajstić information content (AvgIpc) is 0.811. The van der Waals surface area contributed by atoms with Crippen LogP contribution < -0.4 is 0 Å². The molecule has 0 fully saturated rings. The maximum atomic E-state index is 8.25. The van der Waals surface area contributed by atoms with Gasteiger partial charge in [-0.3, -0.25) is 0 Å². The minimum absolute atomic E-state index is 0. The average molecular weight is 278 g/mol. The van der Waals surface area contributed by atoms with Gasteiger partial charge in [0.1, 0.15) is 0 Å². The summed E-state index contributed by atoms with van der Waals surface area (Å²) < 4.78 is 0. The van der Waals surface area contributed by atoms with Gasteiger partial charge in [0.2, 0.25) is 0 Å². The number of hydrogen-bond acceptors (Lipinski definition) is 3. The van der Waals surface area contributed by atoms with E-state index >= 15 is 0 Å². The van der Waals surface area contributed by atoms with E-state index in [1.54, 1.807) is 0 Å². The quantitative estimate of drug-likeness (QED) is 0.349. The molecule has 0 amide bonds. The molecular formula is Ag2NO3+. The van der Waals surface area contributed by atoms with Crippen molar-refractivity contribution in [2.45, 2.75) is 0 Å². The van der Waals surface area contributed by atoms with Crippen LogP contribution in [0.5, 0.6) is 0 Å². The summed E-state index contributed by atoms with van der Waals surface area (Å²) >= 11 is 0. The minimum Gasteiger partial charge on any atom is -0.356 e. The Morgan fingerprint density at radius 3 is 1.17 bits per heavy atom. The summed E-state index contributed by atoms with van der Waals surface area (Å²) in [5.74, 6) is 0. The molecule has 0 saturated carbocycles. The van der Waals surface area contributed by atoms with E-state index in [2.05, 4.69) is 0 Å². The number of hydrogen-bond donors (Lipinski definition) is 0. The van der Waals surface area contributed by atoms with Gasteiger partial charge < -0.3 is 15.3 Å². The molecule has 0 spiro atoms. The minimum atomic E-state index is -1.75. The van der Waals surface area contributed by atoms with E-state index in [1.807, 2.05) is 0 Å². The van der Waals surface area contributed by atoms with Crippen LogP contribution >= 0.6 is 0 Å². The second-order valence-corrected chi connectivity index (χ2v) is 0.224. The normalized spacial score (nSPS) is 4.00. The third-order valence-electron chi connectivity index (χ3n) is 0. The summed E-state index contributed by atoms with van der Waals surface area (Å²) in [6.45, 7) is 0. The second kappa shape index (κ2) is 9.19. The predicted octanol–water partition coefficient (Wildman–Crippen LogP) is -0.244. The van der Waals surface area contributed by atoms with Crippen LogP contribution in [0, 0.1) is 15.3 Å². The molecule has 0 heterocycles. The predicted molar refractivity (Wildman–Crippen MR) is 10.4 cm³/mol. The maximum Gasteiger partial charge on any atom is 1.00 e. The number of rotatable bonds is 0. The molecule has 4 nitrogen and oxygen atoms in total. The van der Waals surface area contributed by atoms with Crippen molar-refractivity contribution in [1.29, 1.82) is 0 Å². The van der Waals surface area contributed by atoms with Gasteiger partial charge in [0, 0.05) is 0 Å². The van der Waals surface area contributed by atoms with E-state index in [4.69, 9.17) is 15.3 Å². The molecule has 0 radical (unpaired) electrons. The van der Waals surface area contributed by atoms with Crippen molar-refractivity contribution in [3.8, 4) is 0 Å². The van der Waals surface area contributed by atoms with Crippen molar-refractivity contribution in [3.05, 3.63) is 15.3 Å². The summed E-state index contributed by atoms with van der Waals surface area (Å²) in [4.78, 5) is 8.25. The summed E-state index contributed by atoms with van der Waals surface area (Å²) in [6.07, 6.45) is 0. The molecule has 0 aromatic heterocycles. The van der Waals surface area contributed by atoms with E-state index < -0.39 is 5.09 Å². The molecule has 44 valence electrons. The van der Waals surface area contributed by atoms with Gasteiger partial charge in [-0.05, 0) is 0 Å². The van der Waals surface area contributed by atoms with E-state index in [1.165, 1.54) is 0 Å². The summed E-state index contributed by atoms with van der Waals surface area (Å²) in [6, 6.07) is 0. The fourth-order valence-electron chi connectivity index (χ4n) is 0. The van der Waals surface area contributed by atoms with Crippen LogP contribution in [0.4, 0.5) is 0 Å². The Morgan fingerprint density at radius 2 is 1.17 bits per heavy atom. The van der Waals surface area contributed by atoms with Gasteiger partial charge in [-0.1, -0.05) is 0 Å². The molecule has 0 rings (SSSR count). The summed E-state index contributed by atoms with van der Waals surface area (Å²) in [7, 11) is 0. The van der Waals surface area contributed by atoms with Gasteiger partial charge in [-0.25, -0.2) is 0 Å². The zero-order valence-corrected chi connectivity index (χ0v) is 5.24. The molecule has 6 heteroatoms.